The van der Waals surface area contributed by atoms with Crippen molar-refractivity contribution in [2.75, 3.05) is 32.8 Å². The van der Waals surface area contributed by atoms with E-state index in [0.717, 1.165) is 32.8 Å². The highest BCUT2D eigenvalue weighted by atomic mass is 16.5. The number of hydrogen-bond donors (Lipinski definition) is 1. The molecule has 3 nitrogen and oxygen atoms in total. The van der Waals surface area contributed by atoms with Gasteiger partial charge >= 0.3 is 0 Å². The van der Waals surface area contributed by atoms with Crippen LogP contribution in [-0.4, -0.2) is 49.8 Å². The van der Waals surface area contributed by atoms with Crippen molar-refractivity contribution in [1.82, 2.24) is 10.2 Å². The van der Waals surface area contributed by atoms with Crippen molar-refractivity contribution < 1.29 is 4.74 Å². The van der Waals surface area contributed by atoms with E-state index in [1.54, 1.807) is 0 Å². The molecule has 0 saturated carbocycles. The molecule has 3 rings (SSSR count). The normalized spacial score (nSPS) is 26.5. The molecule has 1 saturated heterocycles. The van der Waals surface area contributed by atoms with Crippen LogP contribution in [0, 0.1) is 0 Å². The minimum atomic E-state index is 0.343. The molecule has 0 radical (unpaired) electrons. The Morgan fingerprint density at radius 1 is 1.21 bits per heavy atom. The maximum Gasteiger partial charge on any atom is 0.0852 e. The first kappa shape index (κ1) is 13.1. The van der Waals surface area contributed by atoms with Crippen LogP contribution in [-0.2, 0) is 17.6 Å². The second kappa shape index (κ2) is 6.04. The first-order valence-corrected chi connectivity index (χ1v) is 7.48. The van der Waals surface area contributed by atoms with Crippen molar-refractivity contribution in [3.05, 3.63) is 35.4 Å². The summed E-state index contributed by atoms with van der Waals surface area (Å²) in [6, 6.07) is 9.38. The Morgan fingerprint density at radius 3 is 2.47 bits per heavy atom. The molecule has 1 N–H and O–H groups in total. The lowest BCUT2D eigenvalue weighted by atomic mass is 10.0. The Kier molecular flexibility index (Phi) is 4.16. The van der Waals surface area contributed by atoms with Gasteiger partial charge in [-0.05, 0) is 30.9 Å². The van der Waals surface area contributed by atoms with E-state index >= 15 is 0 Å². The predicted molar refractivity (Wildman–Crippen MR) is 77.5 cm³/mol. The van der Waals surface area contributed by atoms with Crippen molar-refractivity contribution in [2.24, 2.45) is 0 Å². The molecule has 1 fully saturated rings. The molecule has 19 heavy (non-hydrogen) atoms. The van der Waals surface area contributed by atoms with Crippen molar-refractivity contribution in [3.63, 3.8) is 0 Å². The van der Waals surface area contributed by atoms with Gasteiger partial charge in [-0.2, -0.15) is 0 Å². The second-order valence-corrected chi connectivity index (χ2v) is 5.66. The molecule has 2 aliphatic heterocycles. The Balaban J connectivity index is 1.64. The topological polar surface area (TPSA) is 24.5 Å². The van der Waals surface area contributed by atoms with Crippen LogP contribution in [0.2, 0.25) is 0 Å². The van der Waals surface area contributed by atoms with Crippen molar-refractivity contribution in [1.29, 1.82) is 0 Å². The highest BCUT2D eigenvalue weighted by molar-refractivity contribution is 5.28. The smallest absolute Gasteiger partial charge is 0.0852 e. The summed E-state index contributed by atoms with van der Waals surface area (Å²) < 4.78 is 5.91. The summed E-state index contributed by atoms with van der Waals surface area (Å²) in [4.78, 5) is 2.59. The summed E-state index contributed by atoms with van der Waals surface area (Å²) in [5.74, 6) is 0. The number of hydrogen-bond acceptors (Lipinski definition) is 3. The van der Waals surface area contributed by atoms with Gasteiger partial charge in [0.1, 0.15) is 0 Å². The second-order valence-electron chi connectivity index (χ2n) is 5.66. The summed E-state index contributed by atoms with van der Waals surface area (Å²) in [6.07, 6.45) is 2.68. The van der Waals surface area contributed by atoms with Gasteiger partial charge in [0.15, 0.2) is 0 Å². The van der Waals surface area contributed by atoms with E-state index in [1.165, 1.54) is 24.0 Å². The third-order valence-electron chi connectivity index (χ3n) is 4.53. The number of nitrogens with zero attached hydrogens (tertiary/aromatic N) is 1. The third-order valence-corrected chi connectivity index (χ3v) is 4.53. The van der Waals surface area contributed by atoms with Crippen LogP contribution in [0.25, 0.3) is 0 Å². The van der Waals surface area contributed by atoms with Gasteiger partial charge < -0.3 is 10.1 Å². The lowest BCUT2D eigenvalue weighted by molar-refractivity contribution is -0.0251. The molecule has 2 unspecified atom stereocenters. The minimum Gasteiger partial charge on any atom is -0.374 e. The quantitative estimate of drug-likeness (QED) is 0.871. The minimum absolute atomic E-state index is 0.343. The zero-order valence-electron chi connectivity index (χ0n) is 11.8. The summed E-state index contributed by atoms with van der Waals surface area (Å²) in [7, 11) is 0. The molecule has 1 aromatic carbocycles. The molecule has 3 heteroatoms. The van der Waals surface area contributed by atoms with Crippen molar-refractivity contribution >= 4 is 0 Å². The van der Waals surface area contributed by atoms with Gasteiger partial charge in [0.05, 0.1) is 12.7 Å². The lowest BCUT2D eigenvalue weighted by Gasteiger charge is -2.36. The maximum atomic E-state index is 5.91. The molecule has 0 bridgehead atoms. The van der Waals surface area contributed by atoms with E-state index in [9.17, 15) is 0 Å². The van der Waals surface area contributed by atoms with E-state index < -0.39 is 0 Å². The third kappa shape index (κ3) is 2.99. The molecule has 2 aliphatic rings. The zero-order chi connectivity index (χ0) is 13.1. The Bertz CT molecular complexity index is 388. The van der Waals surface area contributed by atoms with Gasteiger partial charge in [-0.25, -0.2) is 0 Å². The maximum absolute atomic E-state index is 5.91. The highest BCUT2D eigenvalue weighted by Gasteiger charge is 2.27. The fourth-order valence-corrected chi connectivity index (χ4v) is 3.22. The van der Waals surface area contributed by atoms with Crippen molar-refractivity contribution in [2.45, 2.75) is 31.9 Å². The molecule has 0 aliphatic carbocycles. The average molecular weight is 260 g/mol. The summed E-state index contributed by atoms with van der Waals surface area (Å²) in [5.41, 5.74) is 3.06. The number of rotatable bonds is 2. The van der Waals surface area contributed by atoms with Crippen LogP contribution >= 0.6 is 0 Å². The molecular weight excluding hydrogens is 236 g/mol. The van der Waals surface area contributed by atoms with Crippen LogP contribution in [0.1, 0.15) is 18.1 Å². The van der Waals surface area contributed by atoms with E-state index in [2.05, 4.69) is 41.4 Å². The number of morpholine rings is 1. The van der Waals surface area contributed by atoms with E-state index in [4.69, 9.17) is 4.74 Å². The molecule has 2 heterocycles. The molecule has 1 aromatic rings. The summed E-state index contributed by atoms with van der Waals surface area (Å²) in [5, 5.41) is 3.44. The van der Waals surface area contributed by atoms with E-state index in [0.29, 0.717) is 12.1 Å². The van der Waals surface area contributed by atoms with Crippen LogP contribution in [0.15, 0.2) is 24.3 Å². The molecule has 0 amide bonds. The van der Waals surface area contributed by atoms with Gasteiger partial charge in [0.2, 0.25) is 0 Å². The van der Waals surface area contributed by atoms with E-state index in [1.807, 2.05) is 0 Å². The first-order valence-electron chi connectivity index (χ1n) is 7.48. The van der Waals surface area contributed by atoms with Crippen LogP contribution in [0.5, 0.6) is 0 Å². The molecule has 2 atom stereocenters. The van der Waals surface area contributed by atoms with Crippen LogP contribution < -0.4 is 5.32 Å². The van der Waals surface area contributed by atoms with Gasteiger partial charge in [-0.3, -0.25) is 4.90 Å². The molecule has 0 aromatic heterocycles. The monoisotopic (exact) mass is 260 g/mol. The summed E-state index contributed by atoms with van der Waals surface area (Å²) in [6.45, 7) is 7.45. The van der Waals surface area contributed by atoms with Gasteiger partial charge in [-0.1, -0.05) is 24.3 Å². The fourth-order valence-electron chi connectivity index (χ4n) is 3.22. The van der Waals surface area contributed by atoms with Gasteiger partial charge in [-0.15, -0.1) is 0 Å². The molecular formula is C16H24N2O. The zero-order valence-corrected chi connectivity index (χ0v) is 11.8. The number of nitrogens with one attached hydrogen (secondary N) is 1. The average Bonchev–Trinajstić information content (AvgIpc) is 2.70. The van der Waals surface area contributed by atoms with E-state index in [-0.39, 0.29) is 0 Å². The molecule has 0 spiro atoms. The number of benzene rings is 1. The van der Waals surface area contributed by atoms with Crippen LogP contribution in [0.3, 0.4) is 0 Å². The molecule has 104 valence electrons. The van der Waals surface area contributed by atoms with Crippen LogP contribution in [0.4, 0.5) is 0 Å². The van der Waals surface area contributed by atoms with Gasteiger partial charge in [0, 0.05) is 32.2 Å². The lowest BCUT2D eigenvalue weighted by Crippen LogP contribution is -2.51. The highest BCUT2D eigenvalue weighted by Crippen LogP contribution is 2.19. The number of fused-ring (bicyclic) bond motifs is 1. The van der Waals surface area contributed by atoms with Crippen molar-refractivity contribution in [3.8, 4) is 0 Å². The first-order chi connectivity index (χ1) is 9.34. The Labute approximate surface area is 115 Å². The van der Waals surface area contributed by atoms with Gasteiger partial charge in [0.25, 0.3) is 0 Å². The predicted octanol–water partition coefficient (Wildman–Crippen LogP) is 1.46. The largest absolute Gasteiger partial charge is 0.374 e. The number of ether oxygens (including phenoxy) is 1. The summed E-state index contributed by atoms with van der Waals surface area (Å²) >= 11 is 0. The Hall–Kier alpha value is -0.900. The SMILES string of the molecule is CC(C1CNCCO1)N1CCc2ccccc2CC1. The Morgan fingerprint density at radius 2 is 1.89 bits per heavy atom. The fraction of sp³-hybridized carbons (Fsp3) is 0.625. The standard InChI is InChI=1S/C16H24N2O/c1-13(16-12-17-8-11-19-16)18-9-6-14-4-2-3-5-15(14)7-10-18/h2-5,13,16-17H,6-12H2,1H3.